The van der Waals surface area contributed by atoms with Gasteiger partial charge in [0.15, 0.2) is 5.16 Å². The lowest BCUT2D eigenvalue weighted by molar-refractivity contribution is -0.115. The van der Waals surface area contributed by atoms with Crippen molar-refractivity contribution < 1.29 is 4.79 Å². The van der Waals surface area contributed by atoms with E-state index in [1.54, 1.807) is 0 Å². The molecule has 1 aromatic heterocycles. The van der Waals surface area contributed by atoms with Crippen LogP contribution in [0.5, 0.6) is 0 Å². The van der Waals surface area contributed by atoms with Crippen LogP contribution < -0.4 is 5.32 Å². The number of nitrogens with zero attached hydrogens (tertiary/aromatic N) is 2. The molecular weight excluding hydrogens is 386 g/mol. The van der Waals surface area contributed by atoms with E-state index in [0.717, 1.165) is 32.9 Å². The second-order valence-corrected chi connectivity index (χ2v) is 7.61. The number of carbonyl (C=O) groups excluding carboxylic acids is 1. The topological polar surface area (TPSA) is 46.9 Å². The molecule has 0 aliphatic carbocycles. The number of fused-ring (bicyclic) bond motifs is 1. The number of rotatable bonds is 5. The van der Waals surface area contributed by atoms with Crippen LogP contribution in [-0.2, 0) is 11.3 Å². The highest BCUT2D eigenvalue weighted by Gasteiger charge is 2.19. The van der Waals surface area contributed by atoms with Crippen molar-refractivity contribution >= 4 is 50.3 Å². The number of amides is 1. The second kappa shape index (κ2) is 7.40. The van der Waals surface area contributed by atoms with E-state index >= 15 is 0 Å². The summed E-state index contributed by atoms with van der Waals surface area (Å²) in [6, 6.07) is 15.6. The van der Waals surface area contributed by atoms with Crippen molar-refractivity contribution in [3.8, 4) is 0 Å². The number of anilines is 1. The van der Waals surface area contributed by atoms with Gasteiger partial charge in [0.2, 0.25) is 5.91 Å². The monoisotopic (exact) mass is 403 g/mol. The SMILES string of the molecule is CCn1c(S[C@@H](C)C(=O)Nc2ccc(Br)cc2)nc2ccccc21. The van der Waals surface area contributed by atoms with E-state index in [4.69, 9.17) is 0 Å². The van der Waals surface area contributed by atoms with Crippen LogP contribution in [0.2, 0.25) is 0 Å². The number of nitrogens with one attached hydrogen (secondary N) is 1. The Morgan fingerprint density at radius 3 is 2.67 bits per heavy atom. The lowest BCUT2D eigenvalue weighted by Crippen LogP contribution is -2.22. The molecule has 0 radical (unpaired) electrons. The van der Waals surface area contributed by atoms with Gasteiger partial charge in [-0.05, 0) is 50.2 Å². The van der Waals surface area contributed by atoms with Crippen molar-refractivity contribution in [3.63, 3.8) is 0 Å². The highest BCUT2D eigenvalue weighted by molar-refractivity contribution is 9.10. The zero-order chi connectivity index (χ0) is 17.1. The van der Waals surface area contributed by atoms with Crippen LogP contribution in [0.1, 0.15) is 13.8 Å². The molecule has 0 saturated carbocycles. The first-order valence-corrected chi connectivity index (χ1v) is 9.44. The summed E-state index contributed by atoms with van der Waals surface area (Å²) in [4.78, 5) is 17.1. The van der Waals surface area contributed by atoms with E-state index in [-0.39, 0.29) is 11.2 Å². The molecule has 3 aromatic rings. The molecule has 4 nitrogen and oxygen atoms in total. The molecule has 0 aliphatic rings. The van der Waals surface area contributed by atoms with Crippen LogP contribution in [0.3, 0.4) is 0 Å². The molecule has 1 atom stereocenters. The number of imidazole rings is 1. The summed E-state index contributed by atoms with van der Waals surface area (Å²) < 4.78 is 3.13. The molecule has 24 heavy (non-hydrogen) atoms. The number of halogens is 1. The molecule has 0 aliphatic heterocycles. The summed E-state index contributed by atoms with van der Waals surface area (Å²) in [5.74, 6) is -0.0305. The van der Waals surface area contributed by atoms with Crippen LogP contribution in [0.15, 0.2) is 58.2 Å². The van der Waals surface area contributed by atoms with Crippen LogP contribution in [0.4, 0.5) is 5.69 Å². The highest BCUT2D eigenvalue weighted by atomic mass is 79.9. The Morgan fingerprint density at radius 2 is 1.96 bits per heavy atom. The molecular formula is C18H18BrN3OS. The van der Waals surface area contributed by atoms with Crippen molar-refractivity contribution in [2.24, 2.45) is 0 Å². The fraction of sp³-hybridized carbons (Fsp3) is 0.222. The smallest absolute Gasteiger partial charge is 0.237 e. The highest BCUT2D eigenvalue weighted by Crippen LogP contribution is 2.28. The third-order valence-corrected chi connectivity index (χ3v) is 5.32. The van der Waals surface area contributed by atoms with E-state index in [1.165, 1.54) is 11.8 Å². The van der Waals surface area contributed by atoms with Crippen molar-refractivity contribution in [3.05, 3.63) is 53.0 Å². The predicted molar refractivity (Wildman–Crippen MR) is 103 cm³/mol. The minimum absolute atomic E-state index is 0.0305. The van der Waals surface area contributed by atoms with Gasteiger partial charge in [-0.1, -0.05) is 39.8 Å². The first kappa shape index (κ1) is 17.0. The molecule has 3 rings (SSSR count). The van der Waals surface area contributed by atoms with Crippen LogP contribution in [0, 0.1) is 0 Å². The first-order valence-electron chi connectivity index (χ1n) is 7.77. The average molecular weight is 404 g/mol. The fourth-order valence-electron chi connectivity index (χ4n) is 2.44. The third kappa shape index (κ3) is 3.65. The van der Waals surface area contributed by atoms with Crippen LogP contribution in [0.25, 0.3) is 11.0 Å². The minimum atomic E-state index is -0.240. The summed E-state index contributed by atoms with van der Waals surface area (Å²) in [5.41, 5.74) is 2.85. The summed E-state index contributed by atoms with van der Waals surface area (Å²) >= 11 is 4.87. The Bertz CT molecular complexity index is 860. The fourth-order valence-corrected chi connectivity index (χ4v) is 3.69. The van der Waals surface area contributed by atoms with Gasteiger partial charge in [-0.3, -0.25) is 4.79 Å². The first-order chi connectivity index (χ1) is 11.6. The van der Waals surface area contributed by atoms with E-state index in [2.05, 4.69) is 43.8 Å². The molecule has 1 N–H and O–H groups in total. The second-order valence-electron chi connectivity index (χ2n) is 5.38. The lowest BCUT2D eigenvalue weighted by Gasteiger charge is -2.12. The normalized spacial score (nSPS) is 12.3. The van der Waals surface area contributed by atoms with Crippen molar-refractivity contribution in [1.29, 1.82) is 0 Å². The predicted octanol–water partition coefficient (Wildman–Crippen LogP) is 4.94. The number of aromatic nitrogens is 2. The lowest BCUT2D eigenvalue weighted by atomic mass is 10.3. The molecule has 2 aromatic carbocycles. The minimum Gasteiger partial charge on any atom is -0.325 e. The van der Waals surface area contributed by atoms with Gasteiger partial charge in [-0.25, -0.2) is 4.98 Å². The number of thioether (sulfide) groups is 1. The third-order valence-electron chi connectivity index (χ3n) is 3.70. The zero-order valence-corrected chi connectivity index (χ0v) is 15.9. The number of hydrogen-bond donors (Lipinski definition) is 1. The quantitative estimate of drug-likeness (QED) is 0.613. The molecule has 1 amide bonds. The van der Waals surface area contributed by atoms with E-state index < -0.39 is 0 Å². The summed E-state index contributed by atoms with van der Waals surface area (Å²) in [7, 11) is 0. The average Bonchev–Trinajstić information content (AvgIpc) is 2.93. The maximum Gasteiger partial charge on any atom is 0.237 e. The Hall–Kier alpha value is -1.79. The molecule has 0 saturated heterocycles. The van der Waals surface area contributed by atoms with Gasteiger partial charge in [0.1, 0.15) is 0 Å². The molecule has 124 valence electrons. The molecule has 0 spiro atoms. The molecule has 0 fully saturated rings. The Kier molecular flexibility index (Phi) is 5.26. The van der Waals surface area contributed by atoms with Crippen LogP contribution >= 0.6 is 27.7 Å². The largest absolute Gasteiger partial charge is 0.325 e. The molecule has 1 heterocycles. The molecule has 0 bridgehead atoms. The van der Waals surface area contributed by atoms with E-state index in [0.29, 0.717) is 0 Å². The number of para-hydroxylation sites is 2. The summed E-state index contributed by atoms with van der Waals surface area (Å²) in [5, 5.41) is 3.58. The van der Waals surface area contributed by atoms with E-state index in [9.17, 15) is 4.79 Å². The van der Waals surface area contributed by atoms with Gasteiger partial charge >= 0.3 is 0 Å². The van der Waals surface area contributed by atoms with Gasteiger partial charge in [-0.2, -0.15) is 0 Å². The van der Waals surface area contributed by atoms with Crippen LogP contribution in [-0.4, -0.2) is 20.7 Å². The maximum absolute atomic E-state index is 12.4. The number of aryl methyl sites for hydroxylation is 1. The Morgan fingerprint density at radius 1 is 1.25 bits per heavy atom. The van der Waals surface area contributed by atoms with E-state index in [1.807, 2.05) is 49.4 Å². The molecule has 6 heteroatoms. The number of benzene rings is 2. The number of carbonyl (C=O) groups is 1. The zero-order valence-electron chi connectivity index (χ0n) is 13.5. The summed E-state index contributed by atoms with van der Waals surface area (Å²) in [6.07, 6.45) is 0. The summed E-state index contributed by atoms with van der Waals surface area (Å²) in [6.45, 7) is 4.81. The van der Waals surface area contributed by atoms with Gasteiger partial charge in [-0.15, -0.1) is 0 Å². The molecule has 0 unspecified atom stereocenters. The Labute approximate surface area is 153 Å². The number of hydrogen-bond acceptors (Lipinski definition) is 3. The van der Waals surface area contributed by atoms with Crippen molar-refractivity contribution in [1.82, 2.24) is 9.55 Å². The van der Waals surface area contributed by atoms with Crippen molar-refractivity contribution in [2.75, 3.05) is 5.32 Å². The van der Waals surface area contributed by atoms with Gasteiger partial charge in [0.25, 0.3) is 0 Å². The van der Waals surface area contributed by atoms with Gasteiger partial charge in [0.05, 0.1) is 16.3 Å². The van der Waals surface area contributed by atoms with Gasteiger partial charge in [0, 0.05) is 16.7 Å². The van der Waals surface area contributed by atoms with Gasteiger partial charge < -0.3 is 9.88 Å². The van der Waals surface area contributed by atoms with Crippen molar-refractivity contribution in [2.45, 2.75) is 30.8 Å². The standard InChI is InChI=1S/C18H18BrN3OS/c1-3-22-16-7-5-4-6-15(16)21-18(22)24-12(2)17(23)20-14-10-8-13(19)9-11-14/h4-12H,3H2,1-2H3,(H,20,23)/t12-/m0/s1. The maximum atomic E-state index is 12.4. The Balaban J connectivity index is 1.75.